The summed E-state index contributed by atoms with van der Waals surface area (Å²) in [6, 6.07) is 0. The van der Waals surface area contributed by atoms with Gasteiger partial charge in [-0.1, -0.05) is 0 Å². The maximum atomic E-state index is 2.57. The van der Waals surface area contributed by atoms with E-state index in [4.69, 9.17) is 0 Å². The number of likely N-dealkylation sites (N-methyl/N-ethyl adjacent to an activating group) is 1. The first-order chi connectivity index (χ1) is 4.29. The number of halogens is 2. The lowest BCUT2D eigenvalue weighted by Crippen LogP contribution is -3.00. The van der Waals surface area contributed by atoms with Crippen LogP contribution in [0, 0.1) is 0 Å². The molecule has 0 aliphatic carbocycles. The van der Waals surface area contributed by atoms with E-state index in [0.717, 1.165) is 0 Å². The quantitative estimate of drug-likeness (QED) is 0.345. The summed E-state index contributed by atoms with van der Waals surface area (Å²) in [4.78, 5) is 2.57. The molecule has 3 heterocycles. The van der Waals surface area contributed by atoms with Crippen molar-refractivity contribution in [3.8, 4) is 0 Å². The molecule has 0 unspecified atom stereocenters. The first kappa shape index (κ1) is 10.8. The van der Waals surface area contributed by atoms with Gasteiger partial charge in [-0.2, -0.15) is 0 Å². The molecule has 3 rings (SSSR count). The fourth-order valence-electron chi connectivity index (χ4n) is 1.82. The molecule has 11 heavy (non-hydrogen) atoms. The Morgan fingerprint density at radius 1 is 1.00 bits per heavy atom. The van der Waals surface area contributed by atoms with Gasteiger partial charge >= 0.3 is 0 Å². The summed E-state index contributed by atoms with van der Waals surface area (Å²) in [6.07, 6.45) is 0. The number of rotatable bonds is 0. The topological polar surface area (TPSA) is 3.24 Å². The van der Waals surface area contributed by atoms with Gasteiger partial charge in [0.1, 0.15) is 0 Å². The van der Waals surface area contributed by atoms with Crippen LogP contribution in [0.15, 0.2) is 0 Å². The zero-order valence-corrected chi connectivity index (χ0v) is 6.92. The van der Waals surface area contributed by atoms with Crippen molar-refractivity contribution >= 4 is 0 Å². The van der Waals surface area contributed by atoms with Gasteiger partial charge in [-0.05, 0) is 0 Å². The van der Waals surface area contributed by atoms with Crippen LogP contribution in [0.25, 0.3) is 0 Å². The molecule has 0 N–H and O–H groups in total. The fraction of sp³-hybridized carbons (Fsp3) is 1.00. The van der Waals surface area contributed by atoms with E-state index >= 15 is 0 Å². The van der Waals surface area contributed by atoms with E-state index in [-0.39, 0.29) is 9.41 Å². The van der Waals surface area contributed by atoms with Crippen molar-refractivity contribution in [2.75, 3.05) is 46.3 Å². The molecule has 3 aliphatic heterocycles. The summed E-state index contributed by atoms with van der Waals surface area (Å²) in [5, 5.41) is 0. The van der Waals surface area contributed by atoms with E-state index in [9.17, 15) is 0 Å². The monoisotopic (exact) mass is 166 g/mol. The van der Waals surface area contributed by atoms with Gasteiger partial charge in [-0.25, -0.2) is 0 Å². The average Bonchev–Trinajstić information content (AvgIpc) is 1.90. The molecule has 0 atom stereocenters. The largest absolute Gasteiger partial charge is 1.00 e. The molecule has 4 heteroatoms. The first-order valence-electron chi connectivity index (χ1n) is 3.84. The normalized spacial score (nSPS) is 40.6. The molecule has 3 aliphatic rings. The van der Waals surface area contributed by atoms with E-state index in [1.54, 1.807) is 0 Å². The van der Waals surface area contributed by atoms with Crippen LogP contribution >= 0.6 is 0 Å². The maximum absolute atomic E-state index is 2.57. The van der Waals surface area contributed by atoms with Crippen molar-refractivity contribution < 1.29 is 13.9 Å². The Labute approximate surface area is 66.1 Å². The summed E-state index contributed by atoms with van der Waals surface area (Å²) in [5.41, 5.74) is 0. The predicted octanol–water partition coefficient (Wildman–Crippen LogP) is -3.08. The molecule has 68 valence electrons. The van der Waals surface area contributed by atoms with E-state index < -0.39 is 0 Å². The van der Waals surface area contributed by atoms with Crippen LogP contribution in [0.5, 0.6) is 0 Å². The Morgan fingerprint density at radius 3 is 1.55 bits per heavy atom. The first-order valence-corrected chi connectivity index (χ1v) is 3.84. The maximum Gasteiger partial charge on any atom is 0.0914 e. The lowest BCUT2D eigenvalue weighted by atomic mass is 10.2. The van der Waals surface area contributed by atoms with Gasteiger partial charge in [-0.15, -0.1) is 0 Å². The molecule has 0 radical (unpaired) electrons. The lowest BCUT2D eigenvalue weighted by Gasteiger charge is -2.48. The molecule has 0 amide bonds. The van der Waals surface area contributed by atoms with E-state index in [0.29, 0.717) is 0 Å². The highest BCUT2D eigenvalue weighted by atomic mass is 19.0. The molecular weight excluding hydrogens is 150 g/mol. The average molecular weight is 166 g/mol. The SMILES string of the molecule is C[N+]12CCN(CC1)CC2.F.[F-]. The van der Waals surface area contributed by atoms with Gasteiger partial charge in [0.25, 0.3) is 0 Å². The molecule has 3 saturated heterocycles. The standard InChI is InChI=1S/C7H15N2.2FH/c1-9-5-2-8(3-6-9)4-7-9;;/h2-7H2,1H3;2*1H/q+1;;/p-1. The lowest BCUT2D eigenvalue weighted by molar-refractivity contribution is -0.922. The molecule has 2 bridgehead atoms. The van der Waals surface area contributed by atoms with Crippen molar-refractivity contribution in [3.63, 3.8) is 0 Å². The summed E-state index contributed by atoms with van der Waals surface area (Å²) in [5.74, 6) is 0. The highest BCUT2D eigenvalue weighted by Crippen LogP contribution is 2.15. The Morgan fingerprint density at radius 2 is 1.36 bits per heavy atom. The number of fused-ring (bicyclic) bond motifs is 3. The number of hydrogen-bond acceptors (Lipinski definition) is 1. The highest BCUT2D eigenvalue weighted by Gasteiger charge is 2.34. The second-order valence-corrected chi connectivity index (χ2v) is 3.63. The smallest absolute Gasteiger partial charge is 0.0914 e. The number of hydrogen-bond donors (Lipinski definition) is 0. The zero-order chi connectivity index (χ0) is 6.32. The molecule has 0 spiro atoms. The predicted molar refractivity (Wildman–Crippen MR) is 39.7 cm³/mol. The van der Waals surface area contributed by atoms with Gasteiger partial charge < -0.3 is 9.19 Å². The summed E-state index contributed by atoms with van der Waals surface area (Å²) in [6.45, 7) is 8.20. The van der Waals surface area contributed by atoms with Crippen LogP contribution in [-0.4, -0.2) is 55.7 Å². The van der Waals surface area contributed by atoms with E-state index in [1.165, 1.54) is 43.8 Å². The van der Waals surface area contributed by atoms with E-state index in [2.05, 4.69) is 11.9 Å². The Bertz CT molecular complexity index is 108. The van der Waals surface area contributed by atoms with Gasteiger partial charge in [0.15, 0.2) is 0 Å². The fourth-order valence-corrected chi connectivity index (χ4v) is 1.82. The second kappa shape index (κ2) is 3.45. The second-order valence-electron chi connectivity index (χ2n) is 3.63. The van der Waals surface area contributed by atoms with Crippen molar-refractivity contribution in [1.29, 1.82) is 0 Å². The Hall–Kier alpha value is -0.220. The van der Waals surface area contributed by atoms with Gasteiger partial charge in [0.2, 0.25) is 0 Å². The molecule has 2 nitrogen and oxygen atoms in total. The van der Waals surface area contributed by atoms with Crippen LogP contribution in [0.1, 0.15) is 0 Å². The van der Waals surface area contributed by atoms with Crippen LogP contribution in [0.4, 0.5) is 4.70 Å². The van der Waals surface area contributed by atoms with Crippen molar-refractivity contribution in [1.82, 2.24) is 4.90 Å². The van der Waals surface area contributed by atoms with Crippen molar-refractivity contribution in [3.05, 3.63) is 0 Å². The molecule has 0 aromatic heterocycles. The molecule has 0 aromatic rings. The van der Waals surface area contributed by atoms with Crippen molar-refractivity contribution in [2.45, 2.75) is 0 Å². The zero-order valence-electron chi connectivity index (χ0n) is 6.92. The molecular formula is C7H16F2N2. The Balaban J connectivity index is 0.000000500. The van der Waals surface area contributed by atoms with Gasteiger partial charge in [0.05, 0.1) is 26.7 Å². The van der Waals surface area contributed by atoms with Gasteiger partial charge in [0, 0.05) is 19.6 Å². The summed E-state index contributed by atoms with van der Waals surface area (Å²) in [7, 11) is 2.39. The van der Waals surface area contributed by atoms with Crippen LogP contribution < -0.4 is 4.70 Å². The molecule has 3 fully saturated rings. The summed E-state index contributed by atoms with van der Waals surface area (Å²) < 4.78 is 1.34. The third-order valence-corrected chi connectivity index (χ3v) is 2.87. The minimum Gasteiger partial charge on any atom is -1.00 e. The molecule has 0 saturated carbocycles. The minimum absolute atomic E-state index is 0. The number of piperazine rings is 3. The minimum atomic E-state index is 0. The van der Waals surface area contributed by atoms with Crippen LogP contribution in [0.3, 0.4) is 0 Å². The summed E-state index contributed by atoms with van der Waals surface area (Å²) >= 11 is 0. The third kappa shape index (κ3) is 1.87. The van der Waals surface area contributed by atoms with Crippen molar-refractivity contribution in [2.24, 2.45) is 0 Å². The highest BCUT2D eigenvalue weighted by molar-refractivity contribution is 4.68. The third-order valence-electron chi connectivity index (χ3n) is 2.87. The number of quaternary nitrogens is 1. The molecule has 0 aromatic carbocycles. The number of nitrogens with zero attached hydrogens (tertiary/aromatic N) is 2. The van der Waals surface area contributed by atoms with Crippen LogP contribution in [0.2, 0.25) is 0 Å². The van der Waals surface area contributed by atoms with Crippen LogP contribution in [-0.2, 0) is 0 Å². The Kier molecular flexibility index (Phi) is 3.38. The van der Waals surface area contributed by atoms with E-state index in [1.807, 2.05) is 0 Å². The van der Waals surface area contributed by atoms with Gasteiger partial charge in [-0.3, -0.25) is 9.60 Å².